The lowest BCUT2D eigenvalue weighted by Crippen LogP contribution is -2.41. The molecule has 0 spiro atoms. The van der Waals surface area contributed by atoms with E-state index in [9.17, 15) is 14.0 Å². The molecule has 2 amide bonds. The summed E-state index contributed by atoms with van der Waals surface area (Å²) in [5.74, 6) is -1.32. The molecule has 0 saturated heterocycles. The number of nitrogens with one attached hydrogen (secondary N) is 2. The van der Waals surface area contributed by atoms with E-state index in [1.807, 2.05) is 19.1 Å². The van der Waals surface area contributed by atoms with Gasteiger partial charge in [-0.1, -0.05) is 35.9 Å². The van der Waals surface area contributed by atoms with Crippen LogP contribution in [-0.4, -0.2) is 17.6 Å². The highest BCUT2D eigenvalue weighted by Crippen LogP contribution is 2.20. The fraction of sp³-hybridized carbons (Fsp3) is 0.111. The molecule has 0 bridgehead atoms. The van der Waals surface area contributed by atoms with Crippen molar-refractivity contribution in [1.82, 2.24) is 10.9 Å². The number of halogens is 2. The SMILES string of the molecule is Cc1ccc(/C=C/C(=O)NNC(=O)CSc2ccccc2F)cc1Cl. The maximum Gasteiger partial charge on any atom is 0.262 e. The predicted molar refractivity (Wildman–Crippen MR) is 98.6 cm³/mol. The van der Waals surface area contributed by atoms with E-state index < -0.39 is 11.8 Å². The highest BCUT2D eigenvalue weighted by Gasteiger charge is 2.06. The normalized spacial score (nSPS) is 10.7. The summed E-state index contributed by atoms with van der Waals surface area (Å²) in [5, 5.41) is 0.612. The Morgan fingerprint density at radius 3 is 2.68 bits per heavy atom. The number of hydrazine groups is 1. The van der Waals surface area contributed by atoms with Crippen LogP contribution in [0.2, 0.25) is 5.02 Å². The van der Waals surface area contributed by atoms with Crippen molar-refractivity contribution in [3.05, 3.63) is 70.5 Å². The molecule has 0 aliphatic rings. The number of amides is 2. The van der Waals surface area contributed by atoms with Gasteiger partial charge in [0.1, 0.15) is 5.82 Å². The van der Waals surface area contributed by atoms with Gasteiger partial charge in [0.25, 0.3) is 5.91 Å². The number of thioether (sulfide) groups is 1. The third-order valence-corrected chi connectivity index (χ3v) is 4.60. The number of hydrogen-bond donors (Lipinski definition) is 2. The second kappa shape index (κ2) is 9.25. The van der Waals surface area contributed by atoms with E-state index in [2.05, 4.69) is 10.9 Å². The smallest absolute Gasteiger partial charge is 0.262 e. The highest BCUT2D eigenvalue weighted by atomic mass is 35.5. The summed E-state index contributed by atoms with van der Waals surface area (Å²) in [7, 11) is 0. The molecule has 130 valence electrons. The van der Waals surface area contributed by atoms with Gasteiger partial charge >= 0.3 is 0 Å². The molecule has 2 aromatic rings. The lowest BCUT2D eigenvalue weighted by Gasteiger charge is -2.06. The summed E-state index contributed by atoms with van der Waals surface area (Å²) in [6.07, 6.45) is 2.87. The van der Waals surface area contributed by atoms with Gasteiger partial charge in [0.15, 0.2) is 0 Å². The number of carbonyl (C=O) groups excluding carboxylic acids is 2. The summed E-state index contributed by atoms with van der Waals surface area (Å²) < 4.78 is 13.4. The van der Waals surface area contributed by atoms with E-state index in [1.54, 1.807) is 30.3 Å². The molecule has 0 atom stereocenters. The van der Waals surface area contributed by atoms with E-state index >= 15 is 0 Å². The quantitative estimate of drug-likeness (QED) is 0.473. The molecule has 0 saturated carbocycles. The highest BCUT2D eigenvalue weighted by molar-refractivity contribution is 8.00. The van der Waals surface area contributed by atoms with Crippen LogP contribution in [0.4, 0.5) is 4.39 Å². The second-order valence-corrected chi connectivity index (χ2v) is 6.52. The van der Waals surface area contributed by atoms with Crippen LogP contribution < -0.4 is 10.9 Å². The lowest BCUT2D eigenvalue weighted by atomic mass is 10.1. The molecule has 0 radical (unpaired) electrons. The average Bonchev–Trinajstić information content (AvgIpc) is 2.60. The Balaban J connectivity index is 1.77. The molecular formula is C18H16ClFN2O2S. The number of benzene rings is 2. The zero-order valence-corrected chi connectivity index (χ0v) is 15.0. The van der Waals surface area contributed by atoms with Crippen molar-refractivity contribution in [3.63, 3.8) is 0 Å². The van der Waals surface area contributed by atoms with Crippen LogP contribution in [0.15, 0.2) is 53.4 Å². The van der Waals surface area contributed by atoms with Crippen molar-refractivity contribution >= 4 is 41.3 Å². The lowest BCUT2D eigenvalue weighted by molar-refractivity contribution is -0.125. The molecule has 0 unspecified atom stereocenters. The van der Waals surface area contributed by atoms with Crippen LogP contribution in [0.1, 0.15) is 11.1 Å². The molecule has 0 aliphatic heterocycles. The van der Waals surface area contributed by atoms with Gasteiger partial charge in [0.2, 0.25) is 5.91 Å². The Morgan fingerprint density at radius 1 is 1.20 bits per heavy atom. The second-order valence-electron chi connectivity index (χ2n) is 5.10. The zero-order chi connectivity index (χ0) is 18.2. The Bertz CT molecular complexity index is 811. The standard InChI is InChI=1S/C18H16ClFN2O2S/c1-12-6-7-13(10-14(12)19)8-9-17(23)21-22-18(24)11-25-16-5-3-2-4-15(16)20/h2-10H,11H2,1H3,(H,21,23)(H,22,24)/b9-8+. The minimum absolute atomic E-state index is 0.0154. The zero-order valence-electron chi connectivity index (χ0n) is 13.4. The largest absolute Gasteiger partial charge is 0.272 e. The van der Waals surface area contributed by atoms with Crippen LogP contribution in [-0.2, 0) is 9.59 Å². The molecule has 0 aliphatic carbocycles. The molecule has 4 nitrogen and oxygen atoms in total. The van der Waals surface area contributed by atoms with Crippen molar-refractivity contribution in [1.29, 1.82) is 0 Å². The number of rotatable bonds is 5. The molecule has 2 aromatic carbocycles. The van der Waals surface area contributed by atoms with Crippen molar-refractivity contribution in [2.45, 2.75) is 11.8 Å². The third-order valence-electron chi connectivity index (χ3n) is 3.14. The third kappa shape index (κ3) is 6.25. The van der Waals surface area contributed by atoms with Gasteiger partial charge in [-0.15, -0.1) is 11.8 Å². The van der Waals surface area contributed by atoms with Crippen LogP contribution in [0.5, 0.6) is 0 Å². The van der Waals surface area contributed by atoms with E-state index in [0.29, 0.717) is 9.92 Å². The van der Waals surface area contributed by atoms with Gasteiger partial charge < -0.3 is 0 Å². The Kier molecular flexibility index (Phi) is 7.03. The molecule has 0 fully saturated rings. The summed E-state index contributed by atoms with van der Waals surface area (Å²) in [6.45, 7) is 1.89. The van der Waals surface area contributed by atoms with Gasteiger partial charge in [0.05, 0.1) is 5.75 Å². The first-order valence-corrected chi connectivity index (χ1v) is 8.72. The molecule has 0 heterocycles. The van der Waals surface area contributed by atoms with Crippen molar-refractivity contribution in [2.75, 3.05) is 5.75 Å². The molecule has 7 heteroatoms. The van der Waals surface area contributed by atoms with Gasteiger partial charge in [-0.2, -0.15) is 0 Å². The summed E-state index contributed by atoms with van der Waals surface area (Å²) in [4.78, 5) is 23.7. The molecular weight excluding hydrogens is 363 g/mol. The fourth-order valence-electron chi connectivity index (χ4n) is 1.80. The monoisotopic (exact) mass is 378 g/mol. The fourth-order valence-corrected chi connectivity index (χ4v) is 2.73. The van der Waals surface area contributed by atoms with Crippen molar-refractivity contribution < 1.29 is 14.0 Å². The maximum atomic E-state index is 13.4. The first-order valence-electron chi connectivity index (χ1n) is 7.36. The number of carbonyl (C=O) groups is 2. The molecule has 2 N–H and O–H groups in total. The molecule has 0 aromatic heterocycles. The predicted octanol–water partition coefficient (Wildman–Crippen LogP) is 3.74. The average molecular weight is 379 g/mol. The van der Waals surface area contributed by atoms with Crippen molar-refractivity contribution in [3.8, 4) is 0 Å². The first kappa shape index (κ1) is 19.0. The Morgan fingerprint density at radius 2 is 1.96 bits per heavy atom. The van der Waals surface area contributed by atoms with Gasteiger partial charge in [0, 0.05) is 16.0 Å². The van der Waals surface area contributed by atoms with E-state index in [4.69, 9.17) is 11.6 Å². The van der Waals surface area contributed by atoms with Crippen LogP contribution >= 0.6 is 23.4 Å². The van der Waals surface area contributed by atoms with Crippen LogP contribution in [0.25, 0.3) is 6.08 Å². The Labute approximate surface area is 154 Å². The number of hydrogen-bond acceptors (Lipinski definition) is 3. The summed E-state index contributed by atoms with van der Waals surface area (Å²) in [6, 6.07) is 11.6. The summed E-state index contributed by atoms with van der Waals surface area (Å²) >= 11 is 7.06. The van der Waals surface area contributed by atoms with Gasteiger partial charge in [-0.3, -0.25) is 20.4 Å². The van der Waals surface area contributed by atoms with E-state index in [-0.39, 0.29) is 11.6 Å². The van der Waals surface area contributed by atoms with Crippen molar-refractivity contribution in [2.24, 2.45) is 0 Å². The van der Waals surface area contributed by atoms with E-state index in [1.165, 1.54) is 12.1 Å². The minimum atomic E-state index is -0.485. The minimum Gasteiger partial charge on any atom is -0.272 e. The molecule has 2 rings (SSSR count). The van der Waals surface area contributed by atoms with Crippen LogP contribution in [0.3, 0.4) is 0 Å². The molecule has 25 heavy (non-hydrogen) atoms. The van der Waals surface area contributed by atoms with Gasteiger partial charge in [-0.25, -0.2) is 4.39 Å². The Hall–Kier alpha value is -2.31. The summed E-state index contributed by atoms with van der Waals surface area (Å²) in [5.41, 5.74) is 6.25. The number of aryl methyl sites for hydroxylation is 1. The first-order chi connectivity index (χ1) is 12.0. The van der Waals surface area contributed by atoms with Gasteiger partial charge in [-0.05, 0) is 42.3 Å². The van der Waals surface area contributed by atoms with Crippen LogP contribution in [0, 0.1) is 12.7 Å². The topological polar surface area (TPSA) is 58.2 Å². The van der Waals surface area contributed by atoms with E-state index in [0.717, 1.165) is 22.9 Å². The maximum absolute atomic E-state index is 13.4.